The molecule has 0 aliphatic heterocycles. The zero-order valence-electron chi connectivity index (χ0n) is 16.1. The Bertz CT molecular complexity index is 1050. The van der Waals surface area contributed by atoms with Gasteiger partial charge >= 0.3 is 0 Å². The van der Waals surface area contributed by atoms with Crippen molar-refractivity contribution in [3.8, 4) is 11.5 Å². The monoisotopic (exact) mass is 393 g/mol. The molecule has 0 radical (unpaired) electrons. The van der Waals surface area contributed by atoms with Gasteiger partial charge in [0.05, 0.1) is 25.5 Å². The largest absolute Gasteiger partial charge is 0.497 e. The maximum Gasteiger partial charge on any atom is 0.227 e. The van der Waals surface area contributed by atoms with Crippen molar-refractivity contribution < 1.29 is 18.7 Å². The Morgan fingerprint density at radius 2 is 1.86 bits per heavy atom. The van der Waals surface area contributed by atoms with Crippen molar-refractivity contribution in [2.75, 3.05) is 19.5 Å². The average Bonchev–Trinajstić information content (AvgIpc) is 2.74. The highest BCUT2D eigenvalue weighted by Gasteiger charge is 2.30. The minimum Gasteiger partial charge on any atom is -0.497 e. The molecule has 0 bridgehead atoms. The zero-order valence-corrected chi connectivity index (χ0v) is 16.1. The Morgan fingerprint density at radius 3 is 2.59 bits per heavy atom. The van der Waals surface area contributed by atoms with Crippen molar-refractivity contribution in [3.05, 3.63) is 71.3 Å². The number of fused-ring (bicyclic) bond motifs is 1. The van der Waals surface area contributed by atoms with Crippen LogP contribution in [0, 0.1) is 5.82 Å². The smallest absolute Gasteiger partial charge is 0.227 e. The Hall–Kier alpha value is -3.48. The summed E-state index contributed by atoms with van der Waals surface area (Å²) in [6.07, 6.45) is 2.51. The van der Waals surface area contributed by atoms with E-state index < -0.39 is 0 Å². The van der Waals surface area contributed by atoms with Crippen molar-refractivity contribution in [2.45, 2.75) is 18.8 Å². The Kier molecular flexibility index (Phi) is 5.12. The Balaban J connectivity index is 1.62. The van der Waals surface area contributed by atoms with E-state index in [9.17, 15) is 9.18 Å². The lowest BCUT2D eigenvalue weighted by Gasteiger charge is -2.25. The summed E-state index contributed by atoms with van der Waals surface area (Å²) < 4.78 is 23.9. The number of ketones is 1. The van der Waals surface area contributed by atoms with Gasteiger partial charge in [0.25, 0.3) is 0 Å². The van der Waals surface area contributed by atoms with Crippen LogP contribution in [0.15, 0.2) is 48.7 Å². The van der Waals surface area contributed by atoms with E-state index >= 15 is 0 Å². The molecule has 2 aromatic carbocycles. The molecule has 7 heteroatoms. The van der Waals surface area contributed by atoms with E-state index in [1.54, 1.807) is 32.5 Å². The zero-order chi connectivity index (χ0) is 20.4. The van der Waals surface area contributed by atoms with Crippen molar-refractivity contribution in [2.24, 2.45) is 0 Å². The number of halogens is 1. The molecule has 1 aliphatic rings. The van der Waals surface area contributed by atoms with Crippen LogP contribution in [0.3, 0.4) is 0 Å². The molecule has 0 saturated heterocycles. The van der Waals surface area contributed by atoms with Gasteiger partial charge < -0.3 is 14.8 Å². The molecule has 3 aromatic rings. The van der Waals surface area contributed by atoms with E-state index in [1.165, 1.54) is 12.1 Å². The molecule has 29 heavy (non-hydrogen) atoms. The van der Waals surface area contributed by atoms with E-state index in [0.29, 0.717) is 47.2 Å². The Morgan fingerprint density at radius 1 is 1.07 bits per heavy atom. The summed E-state index contributed by atoms with van der Waals surface area (Å²) >= 11 is 0. The van der Waals surface area contributed by atoms with Gasteiger partial charge in [0.1, 0.15) is 17.3 Å². The second-order valence-electron chi connectivity index (χ2n) is 6.82. The first-order valence-electron chi connectivity index (χ1n) is 9.21. The van der Waals surface area contributed by atoms with Gasteiger partial charge in [-0.1, -0.05) is 6.07 Å². The molecule has 0 fully saturated rings. The lowest BCUT2D eigenvalue weighted by Crippen LogP contribution is -2.21. The van der Waals surface area contributed by atoms with Crippen LogP contribution >= 0.6 is 0 Å². The quantitative estimate of drug-likeness (QED) is 0.697. The van der Waals surface area contributed by atoms with Crippen LogP contribution in [-0.2, 0) is 6.42 Å². The number of hydrogen-bond acceptors (Lipinski definition) is 6. The molecular weight excluding hydrogens is 373 g/mol. The number of Topliss-reactive ketones (excluding diaryl/α,β-unsaturated/α-hetero) is 1. The normalized spacial score (nSPS) is 15.6. The standard InChI is InChI=1S/C22H20FN3O3/c1-28-16-7-8-17(21(11-16)29-2)13-9-19-18(20(27)10-13)12-24-22(26-19)25-15-5-3-14(23)4-6-15/h3-8,11-13H,9-10H2,1-2H3,(H,24,25,26)/t13-/m0/s1. The van der Waals surface area contributed by atoms with Crippen LogP contribution in [0.5, 0.6) is 11.5 Å². The van der Waals surface area contributed by atoms with Crippen LogP contribution < -0.4 is 14.8 Å². The molecule has 1 atom stereocenters. The fourth-order valence-electron chi connectivity index (χ4n) is 3.54. The summed E-state index contributed by atoms with van der Waals surface area (Å²) in [5.74, 6) is 1.38. The average molecular weight is 393 g/mol. The van der Waals surface area contributed by atoms with E-state index in [-0.39, 0.29) is 17.5 Å². The summed E-state index contributed by atoms with van der Waals surface area (Å²) in [6, 6.07) is 11.5. The maximum absolute atomic E-state index is 13.1. The van der Waals surface area contributed by atoms with Crippen molar-refractivity contribution in [1.82, 2.24) is 9.97 Å². The molecule has 6 nitrogen and oxygen atoms in total. The molecule has 0 amide bonds. The summed E-state index contributed by atoms with van der Waals surface area (Å²) in [5.41, 5.74) is 2.84. The number of rotatable bonds is 5. The van der Waals surface area contributed by atoms with Gasteiger partial charge in [-0.3, -0.25) is 4.79 Å². The fourth-order valence-corrected chi connectivity index (χ4v) is 3.54. The topological polar surface area (TPSA) is 73.3 Å². The second-order valence-corrected chi connectivity index (χ2v) is 6.82. The van der Waals surface area contributed by atoms with Crippen LogP contribution in [0.1, 0.15) is 34.0 Å². The molecular formula is C22H20FN3O3. The van der Waals surface area contributed by atoms with Crippen LogP contribution in [0.25, 0.3) is 0 Å². The second kappa shape index (κ2) is 7.87. The molecule has 1 aromatic heterocycles. The van der Waals surface area contributed by atoms with Crippen LogP contribution in [-0.4, -0.2) is 30.0 Å². The summed E-state index contributed by atoms with van der Waals surface area (Å²) in [4.78, 5) is 21.5. The predicted molar refractivity (Wildman–Crippen MR) is 107 cm³/mol. The predicted octanol–water partition coefficient (Wildman–Crippen LogP) is 4.29. The third-order valence-corrected chi connectivity index (χ3v) is 5.02. The highest BCUT2D eigenvalue weighted by molar-refractivity contribution is 5.98. The minimum absolute atomic E-state index is 0.00227. The van der Waals surface area contributed by atoms with Gasteiger partial charge in [-0.25, -0.2) is 14.4 Å². The number of nitrogens with zero attached hydrogens (tertiary/aromatic N) is 2. The molecule has 148 valence electrons. The number of carbonyl (C=O) groups excluding carboxylic acids is 1. The van der Waals surface area contributed by atoms with E-state index in [4.69, 9.17) is 9.47 Å². The first kappa shape index (κ1) is 18.9. The van der Waals surface area contributed by atoms with Crippen molar-refractivity contribution in [3.63, 3.8) is 0 Å². The third kappa shape index (κ3) is 3.89. The molecule has 0 saturated carbocycles. The SMILES string of the molecule is COc1ccc([C@@H]2CC(=O)c3cnc(Nc4ccc(F)cc4)nc3C2)c(OC)c1. The molecule has 1 aliphatic carbocycles. The number of ether oxygens (including phenoxy) is 2. The van der Waals surface area contributed by atoms with Gasteiger partial charge in [0.15, 0.2) is 5.78 Å². The molecule has 0 spiro atoms. The first-order chi connectivity index (χ1) is 14.1. The number of anilines is 2. The van der Waals surface area contributed by atoms with Gasteiger partial charge in [-0.15, -0.1) is 0 Å². The third-order valence-electron chi connectivity index (χ3n) is 5.02. The number of methoxy groups -OCH3 is 2. The Labute approximate surface area is 167 Å². The molecule has 1 heterocycles. The van der Waals surface area contributed by atoms with Crippen LogP contribution in [0.4, 0.5) is 16.0 Å². The highest BCUT2D eigenvalue weighted by atomic mass is 19.1. The molecule has 1 N–H and O–H groups in total. The van der Waals surface area contributed by atoms with Crippen molar-refractivity contribution >= 4 is 17.4 Å². The number of aromatic nitrogens is 2. The van der Waals surface area contributed by atoms with Gasteiger partial charge in [-0.2, -0.15) is 0 Å². The van der Waals surface area contributed by atoms with Gasteiger partial charge in [0, 0.05) is 30.3 Å². The number of benzene rings is 2. The lowest BCUT2D eigenvalue weighted by atomic mass is 9.82. The van der Waals surface area contributed by atoms with E-state index in [1.807, 2.05) is 18.2 Å². The van der Waals surface area contributed by atoms with Crippen molar-refractivity contribution in [1.29, 1.82) is 0 Å². The number of nitrogens with one attached hydrogen (secondary N) is 1. The number of hydrogen-bond donors (Lipinski definition) is 1. The van der Waals surface area contributed by atoms with E-state index in [0.717, 1.165) is 5.56 Å². The maximum atomic E-state index is 13.1. The molecule has 0 unspecified atom stereocenters. The molecule has 4 rings (SSSR count). The first-order valence-corrected chi connectivity index (χ1v) is 9.21. The van der Waals surface area contributed by atoms with Gasteiger partial charge in [-0.05, 0) is 42.3 Å². The highest BCUT2D eigenvalue weighted by Crippen LogP contribution is 2.38. The minimum atomic E-state index is -0.316. The van der Waals surface area contributed by atoms with Gasteiger partial charge in [0.2, 0.25) is 5.95 Å². The lowest BCUT2D eigenvalue weighted by molar-refractivity contribution is 0.0962. The fraction of sp³-hybridized carbons (Fsp3) is 0.227. The van der Waals surface area contributed by atoms with Crippen LogP contribution in [0.2, 0.25) is 0 Å². The summed E-state index contributed by atoms with van der Waals surface area (Å²) in [6.45, 7) is 0. The number of carbonyl (C=O) groups is 1. The summed E-state index contributed by atoms with van der Waals surface area (Å²) in [5, 5.41) is 3.05. The van der Waals surface area contributed by atoms with E-state index in [2.05, 4.69) is 15.3 Å². The summed E-state index contributed by atoms with van der Waals surface area (Å²) in [7, 11) is 3.20.